The summed E-state index contributed by atoms with van der Waals surface area (Å²) >= 11 is 5.28. The van der Waals surface area contributed by atoms with Gasteiger partial charge in [-0.25, -0.2) is 4.79 Å². The number of halogens is 1. The number of carbonyl (C=O) groups is 1. The Labute approximate surface area is 64.8 Å². The van der Waals surface area contributed by atoms with E-state index in [1.165, 1.54) is 6.08 Å². The molecule has 0 heterocycles. The van der Waals surface area contributed by atoms with Crippen LogP contribution < -0.4 is 5.73 Å². The second-order valence-electron chi connectivity index (χ2n) is 1.53. The van der Waals surface area contributed by atoms with Crippen LogP contribution in [0.5, 0.6) is 0 Å². The highest BCUT2D eigenvalue weighted by Crippen LogP contribution is 1.90. The normalized spacial score (nSPS) is 11.2. The van der Waals surface area contributed by atoms with E-state index in [1.54, 1.807) is 6.92 Å². The number of carbonyl (C=O) groups excluding carboxylic acids is 1. The van der Waals surface area contributed by atoms with Gasteiger partial charge in [-0.3, -0.25) is 0 Å². The third-order valence-electron chi connectivity index (χ3n) is 0.808. The van der Waals surface area contributed by atoms with E-state index in [0.29, 0.717) is 6.61 Å². The highest BCUT2D eigenvalue weighted by atomic mass is 35.5. The van der Waals surface area contributed by atoms with Crippen molar-refractivity contribution in [3.8, 4) is 0 Å². The largest absolute Gasteiger partial charge is 0.461 e. The van der Waals surface area contributed by atoms with Gasteiger partial charge in [-0.05, 0) is 13.0 Å². The highest BCUT2D eigenvalue weighted by molar-refractivity contribution is 6.19. The molecule has 3 nitrogen and oxygen atoms in total. The van der Waals surface area contributed by atoms with Crippen molar-refractivity contribution >= 4 is 17.6 Å². The lowest BCUT2D eigenvalue weighted by Crippen LogP contribution is -2.14. The first-order valence-corrected chi connectivity index (χ1v) is 3.44. The van der Waals surface area contributed by atoms with E-state index in [-0.39, 0.29) is 11.6 Å². The van der Waals surface area contributed by atoms with Crippen molar-refractivity contribution < 1.29 is 9.53 Å². The lowest BCUT2D eigenvalue weighted by atomic mass is 10.4. The van der Waals surface area contributed by atoms with Crippen LogP contribution in [0.2, 0.25) is 0 Å². The number of hydrogen-bond acceptors (Lipinski definition) is 3. The standard InChI is InChI=1S/C6H10ClNO2/c1-2-10-6(9)5(8)3-4-7/h3H,2,4,8H2,1H3. The zero-order valence-electron chi connectivity index (χ0n) is 5.76. The molecular formula is C6H10ClNO2. The van der Waals surface area contributed by atoms with Gasteiger partial charge >= 0.3 is 5.97 Å². The van der Waals surface area contributed by atoms with E-state index in [1.807, 2.05) is 0 Å². The minimum Gasteiger partial charge on any atom is -0.461 e. The van der Waals surface area contributed by atoms with Gasteiger partial charge < -0.3 is 10.5 Å². The van der Waals surface area contributed by atoms with Gasteiger partial charge in [0.2, 0.25) is 0 Å². The van der Waals surface area contributed by atoms with Gasteiger partial charge in [-0.2, -0.15) is 0 Å². The number of esters is 1. The molecule has 58 valence electrons. The van der Waals surface area contributed by atoms with E-state index in [4.69, 9.17) is 17.3 Å². The molecule has 0 fully saturated rings. The van der Waals surface area contributed by atoms with Gasteiger partial charge in [-0.15, -0.1) is 11.6 Å². The molecule has 0 aliphatic carbocycles. The summed E-state index contributed by atoms with van der Waals surface area (Å²) in [6.45, 7) is 2.04. The Hall–Kier alpha value is -0.700. The molecule has 0 saturated heterocycles. The number of alkyl halides is 1. The molecule has 0 spiro atoms. The first-order chi connectivity index (χ1) is 4.72. The van der Waals surface area contributed by atoms with Crippen molar-refractivity contribution in [3.05, 3.63) is 11.8 Å². The fraction of sp³-hybridized carbons (Fsp3) is 0.500. The van der Waals surface area contributed by atoms with Crippen LogP contribution in [-0.4, -0.2) is 18.5 Å². The van der Waals surface area contributed by atoms with Crippen molar-refractivity contribution in [1.82, 2.24) is 0 Å². The summed E-state index contributed by atoms with van der Waals surface area (Å²) in [5, 5.41) is 0. The smallest absolute Gasteiger partial charge is 0.353 e. The first kappa shape index (κ1) is 9.30. The molecule has 0 aliphatic heterocycles. The van der Waals surface area contributed by atoms with Gasteiger partial charge in [0.05, 0.1) is 6.61 Å². The third kappa shape index (κ3) is 3.35. The zero-order chi connectivity index (χ0) is 7.98. The Bertz CT molecular complexity index is 145. The Morgan fingerprint density at radius 1 is 1.80 bits per heavy atom. The van der Waals surface area contributed by atoms with Gasteiger partial charge in [0.15, 0.2) is 0 Å². The van der Waals surface area contributed by atoms with Crippen LogP contribution in [-0.2, 0) is 9.53 Å². The summed E-state index contributed by atoms with van der Waals surface area (Å²) in [6, 6.07) is 0. The maximum atomic E-state index is 10.7. The minimum absolute atomic E-state index is 0.0665. The molecule has 2 N–H and O–H groups in total. The predicted octanol–water partition coefficient (Wildman–Crippen LogP) is 0.631. The van der Waals surface area contributed by atoms with Gasteiger partial charge in [0.25, 0.3) is 0 Å². The van der Waals surface area contributed by atoms with Crippen LogP contribution in [0.25, 0.3) is 0 Å². The zero-order valence-corrected chi connectivity index (χ0v) is 6.52. The molecule has 10 heavy (non-hydrogen) atoms. The lowest BCUT2D eigenvalue weighted by molar-refractivity contribution is -0.138. The molecule has 0 aromatic rings. The second kappa shape index (κ2) is 5.11. The molecule has 0 aromatic carbocycles. The number of nitrogens with two attached hydrogens (primary N) is 1. The molecule has 0 saturated carbocycles. The fourth-order valence-corrected chi connectivity index (χ4v) is 0.547. The van der Waals surface area contributed by atoms with E-state index in [9.17, 15) is 4.79 Å². The maximum Gasteiger partial charge on any atom is 0.353 e. The summed E-state index contributed by atoms with van der Waals surface area (Å²) in [7, 11) is 0. The Morgan fingerprint density at radius 2 is 2.40 bits per heavy atom. The quantitative estimate of drug-likeness (QED) is 0.377. The molecular weight excluding hydrogens is 154 g/mol. The van der Waals surface area contributed by atoms with Gasteiger partial charge in [-0.1, -0.05) is 0 Å². The van der Waals surface area contributed by atoms with Crippen LogP contribution >= 0.6 is 11.6 Å². The third-order valence-corrected chi connectivity index (χ3v) is 0.963. The minimum atomic E-state index is -0.511. The average molecular weight is 164 g/mol. The molecule has 0 radical (unpaired) electrons. The van der Waals surface area contributed by atoms with Crippen molar-refractivity contribution in [3.63, 3.8) is 0 Å². The van der Waals surface area contributed by atoms with Crippen LogP contribution in [0.4, 0.5) is 0 Å². The Kier molecular flexibility index (Phi) is 4.76. The second-order valence-corrected chi connectivity index (χ2v) is 1.84. The molecule has 0 aliphatic rings. The average Bonchev–Trinajstić information content (AvgIpc) is 1.89. The first-order valence-electron chi connectivity index (χ1n) is 2.91. The topological polar surface area (TPSA) is 52.3 Å². The summed E-state index contributed by atoms with van der Waals surface area (Å²) in [5.74, 6) is -0.284. The van der Waals surface area contributed by atoms with Gasteiger partial charge in [0, 0.05) is 5.88 Å². The predicted molar refractivity (Wildman–Crippen MR) is 39.6 cm³/mol. The van der Waals surface area contributed by atoms with Crippen molar-refractivity contribution in [1.29, 1.82) is 0 Å². The SMILES string of the molecule is CCOC(=O)C(N)=CCCl. The van der Waals surface area contributed by atoms with Crippen LogP contribution in [0.3, 0.4) is 0 Å². The Morgan fingerprint density at radius 3 is 2.80 bits per heavy atom. The van der Waals surface area contributed by atoms with Crippen LogP contribution in [0.15, 0.2) is 11.8 Å². The number of hydrogen-bond donors (Lipinski definition) is 1. The monoisotopic (exact) mass is 163 g/mol. The number of allylic oxidation sites excluding steroid dienone is 1. The number of rotatable bonds is 3. The summed E-state index contributed by atoms with van der Waals surface area (Å²) in [5.41, 5.74) is 5.28. The van der Waals surface area contributed by atoms with Crippen LogP contribution in [0, 0.1) is 0 Å². The lowest BCUT2D eigenvalue weighted by Gasteiger charge is -1.99. The highest BCUT2D eigenvalue weighted by Gasteiger charge is 2.02. The molecule has 0 aromatic heterocycles. The van der Waals surface area contributed by atoms with Crippen molar-refractivity contribution in [2.75, 3.05) is 12.5 Å². The molecule has 0 atom stereocenters. The Balaban J connectivity index is 3.82. The van der Waals surface area contributed by atoms with Crippen LogP contribution in [0.1, 0.15) is 6.92 Å². The van der Waals surface area contributed by atoms with Gasteiger partial charge in [0.1, 0.15) is 5.70 Å². The summed E-state index contributed by atoms with van der Waals surface area (Å²) in [4.78, 5) is 10.7. The van der Waals surface area contributed by atoms with Crippen molar-refractivity contribution in [2.24, 2.45) is 5.73 Å². The van der Waals surface area contributed by atoms with E-state index >= 15 is 0 Å². The van der Waals surface area contributed by atoms with E-state index < -0.39 is 5.97 Å². The molecule has 0 unspecified atom stereocenters. The molecule has 0 amide bonds. The van der Waals surface area contributed by atoms with E-state index in [2.05, 4.69) is 4.74 Å². The fourth-order valence-electron chi connectivity index (χ4n) is 0.381. The summed E-state index contributed by atoms with van der Waals surface area (Å²) < 4.78 is 4.57. The molecule has 0 bridgehead atoms. The number of ether oxygens (including phenoxy) is 1. The maximum absolute atomic E-state index is 10.7. The van der Waals surface area contributed by atoms with E-state index in [0.717, 1.165) is 0 Å². The summed E-state index contributed by atoms with van der Waals surface area (Å²) in [6.07, 6.45) is 1.40. The molecule has 0 rings (SSSR count). The van der Waals surface area contributed by atoms with Crippen molar-refractivity contribution in [2.45, 2.75) is 6.92 Å². The molecule has 4 heteroatoms.